The third kappa shape index (κ3) is 1.82. The van der Waals surface area contributed by atoms with Crippen molar-refractivity contribution in [1.29, 1.82) is 0 Å². The van der Waals surface area contributed by atoms with Crippen molar-refractivity contribution in [3.05, 3.63) is 15.9 Å². The van der Waals surface area contributed by atoms with Gasteiger partial charge in [0, 0.05) is 25.1 Å². The number of nitrogens with one attached hydrogen (secondary N) is 1. The lowest BCUT2D eigenvalue weighted by Gasteiger charge is -2.22. The number of nitrogens with zero attached hydrogens (tertiary/aromatic N) is 2. The quantitative estimate of drug-likeness (QED) is 0.859. The van der Waals surface area contributed by atoms with Crippen LogP contribution in [0.3, 0.4) is 0 Å². The highest BCUT2D eigenvalue weighted by Crippen LogP contribution is 2.33. The third-order valence-electron chi connectivity index (χ3n) is 3.79. The predicted octanol–water partition coefficient (Wildman–Crippen LogP) is 2.80. The summed E-state index contributed by atoms with van der Waals surface area (Å²) in [4.78, 5) is 0. The molecule has 0 atom stereocenters. The summed E-state index contributed by atoms with van der Waals surface area (Å²) in [5, 5.41) is 8.22. The summed E-state index contributed by atoms with van der Waals surface area (Å²) in [5.74, 6) is 0. The molecule has 0 spiro atoms. The van der Waals surface area contributed by atoms with Crippen molar-refractivity contribution >= 4 is 15.9 Å². The van der Waals surface area contributed by atoms with E-state index in [2.05, 4.69) is 25.9 Å². The van der Waals surface area contributed by atoms with Crippen LogP contribution in [0.1, 0.15) is 49.4 Å². The van der Waals surface area contributed by atoms with E-state index in [4.69, 9.17) is 5.10 Å². The van der Waals surface area contributed by atoms with Gasteiger partial charge in [0.25, 0.3) is 0 Å². The Morgan fingerprint density at radius 1 is 1.25 bits per heavy atom. The number of hydrogen-bond acceptors (Lipinski definition) is 2. The maximum Gasteiger partial charge on any atom is 0.109 e. The molecule has 1 fully saturated rings. The summed E-state index contributed by atoms with van der Waals surface area (Å²) in [7, 11) is 0. The first-order valence-electron chi connectivity index (χ1n) is 6.33. The van der Waals surface area contributed by atoms with E-state index in [1.165, 1.54) is 48.0 Å². The second-order valence-corrected chi connectivity index (χ2v) is 5.63. The van der Waals surface area contributed by atoms with E-state index in [-0.39, 0.29) is 0 Å². The molecule has 1 aliphatic carbocycles. The Morgan fingerprint density at radius 3 is 2.81 bits per heavy atom. The van der Waals surface area contributed by atoms with E-state index < -0.39 is 0 Å². The highest BCUT2D eigenvalue weighted by Gasteiger charge is 2.24. The van der Waals surface area contributed by atoms with Gasteiger partial charge in [0.2, 0.25) is 0 Å². The van der Waals surface area contributed by atoms with Crippen LogP contribution in [0, 0.1) is 0 Å². The van der Waals surface area contributed by atoms with Gasteiger partial charge in [-0.15, -0.1) is 0 Å². The molecule has 3 nitrogen and oxygen atoms in total. The van der Waals surface area contributed by atoms with Gasteiger partial charge in [0.1, 0.15) is 4.60 Å². The van der Waals surface area contributed by atoms with Gasteiger partial charge in [0.05, 0.1) is 11.7 Å². The topological polar surface area (TPSA) is 29.9 Å². The molecule has 0 saturated heterocycles. The molecule has 0 unspecified atom stereocenters. The Labute approximate surface area is 105 Å². The lowest BCUT2D eigenvalue weighted by molar-refractivity contribution is 0.324. The zero-order valence-corrected chi connectivity index (χ0v) is 11.1. The second kappa shape index (κ2) is 4.49. The minimum Gasteiger partial charge on any atom is -0.312 e. The molecule has 16 heavy (non-hydrogen) atoms. The standard InChI is InChI=1S/C12H18BrN3/c13-12-10-8-14-7-6-11(10)15-16(12)9-4-2-1-3-5-9/h9,14H,1-8H2. The molecular weight excluding hydrogens is 266 g/mol. The number of fused-ring (bicyclic) bond motifs is 1. The van der Waals surface area contributed by atoms with Crippen LogP contribution in [0.15, 0.2) is 4.60 Å². The van der Waals surface area contributed by atoms with Gasteiger partial charge in [-0.25, -0.2) is 0 Å². The van der Waals surface area contributed by atoms with Crippen LogP contribution in [0.2, 0.25) is 0 Å². The van der Waals surface area contributed by atoms with Gasteiger partial charge in [-0.1, -0.05) is 19.3 Å². The molecule has 0 amide bonds. The Hall–Kier alpha value is -0.350. The van der Waals surface area contributed by atoms with E-state index in [1.54, 1.807) is 0 Å². The SMILES string of the molecule is Brc1c2c(nn1C1CCCCC1)CCNC2. The number of hydrogen-bond donors (Lipinski definition) is 1. The molecule has 1 saturated carbocycles. The van der Waals surface area contributed by atoms with Crippen LogP contribution >= 0.6 is 15.9 Å². The van der Waals surface area contributed by atoms with Crippen LogP contribution < -0.4 is 5.32 Å². The minimum absolute atomic E-state index is 0.633. The Bertz CT molecular complexity index is 380. The maximum atomic E-state index is 4.80. The molecule has 0 aromatic carbocycles. The van der Waals surface area contributed by atoms with E-state index in [1.807, 2.05) is 0 Å². The Kier molecular flexibility index (Phi) is 3.03. The molecule has 3 rings (SSSR count). The number of rotatable bonds is 1. The fourth-order valence-corrected chi connectivity index (χ4v) is 3.59. The molecule has 88 valence electrons. The molecule has 2 aliphatic rings. The fourth-order valence-electron chi connectivity index (χ4n) is 2.86. The van der Waals surface area contributed by atoms with E-state index in [0.29, 0.717) is 6.04 Å². The van der Waals surface area contributed by atoms with Gasteiger partial charge in [0.15, 0.2) is 0 Å². The molecule has 1 aromatic rings. The van der Waals surface area contributed by atoms with E-state index in [9.17, 15) is 0 Å². The molecule has 1 N–H and O–H groups in total. The highest BCUT2D eigenvalue weighted by molar-refractivity contribution is 9.10. The average molecular weight is 284 g/mol. The van der Waals surface area contributed by atoms with E-state index in [0.717, 1.165) is 19.5 Å². The summed E-state index contributed by atoms with van der Waals surface area (Å²) in [5.41, 5.74) is 2.69. The van der Waals surface area contributed by atoms with Crippen molar-refractivity contribution in [2.45, 2.75) is 51.1 Å². The van der Waals surface area contributed by atoms with Crippen LogP contribution in [0.5, 0.6) is 0 Å². The summed E-state index contributed by atoms with van der Waals surface area (Å²) in [6, 6.07) is 0.633. The van der Waals surface area contributed by atoms with Crippen LogP contribution in [-0.2, 0) is 13.0 Å². The smallest absolute Gasteiger partial charge is 0.109 e. The van der Waals surface area contributed by atoms with Gasteiger partial charge in [-0.05, 0) is 28.8 Å². The normalized spacial score (nSPS) is 22.1. The van der Waals surface area contributed by atoms with Gasteiger partial charge in [-0.3, -0.25) is 4.68 Å². The summed E-state index contributed by atoms with van der Waals surface area (Å²) in [6.07, 6.45) is 7.79. The lowest BCUT2D eigenvalue weighted by Crippen LogP contribution is -2.23. The molecule has 2 heterocycles. The van der Waals surface area contributed by atoms with Crippen molar-refractivity contribution in [1.82, 2.24) is 15.1 Å². The summed E-state index contributed by atoms with van der Waals surface area (Å²) in [6.45, 7) is 2.05. The molecular formula is C12H18BrN3. The largest absolute Gasteiger partial charge is 0.312 e. The van der Waals surface area contributed by atoms with Crippen molar-refractivity contribution < 1.29 is 0 Å². The maximum absolute atomic E-state index is 4.80. The van der Waals surface area contributed by atoms with E-state index >= 15 is 0 Å². The Morgan fingerprint density at radius 2 is 2.06 bits per heavy atom. The van der Waals surface area contributed by atoms with Gasteiger partial charge in [-0.2, -0.15) is 5.10 Å². The van der Waals surface area contributed by atoms with Crippen LogP contribution in [0.4, 0.5) is 0 Å². The van der Waals surface area contributed by atoms with Gasteiger partial charge >= 0.3 is 0 Å². The van der Waals surface area contributed by atoms with Crippen LogP contribution in [-0.4, -0.2) is 16.3 Å². The highest BCUT2D eigenvalue weighted by atomic mass is 79.9. The van der Waals surface area contributed by atoms with Crippen molar-refractivity contribution in [3.8, 4) is 0 Å². The third-order valence-corrected chi connectivity index (χ3v) is 4.63. The lowest BCUT2D eigenvalue weighted by atomic mass is 9.96. The van der Waals surface area contributed by atoms with Gasteiger partial charge < -0.3 is 5.32 Å². The zero-order chi connectivity index (χ0) is 11.0. The first-order valence-corrected chi connectivity index (χ1v) is 7.12. The molecule has 1 aromatic heterocycles. The summed E-state index contributed by atoms with van der Waals surface area (Å²) < 4.78 is 3.47. The number of aromatic nitrogens is 2. The minimum atomic E-state index is 0.633. The molecule has 0 radical (unpaired) electrons. The molecule has 4 heteroatoms. The van der Waals surface area contributed by atoms with Crippen molar-refractivity contribution in [2.24, 2.45) is 0 Å². The first kappa shape index (κ1) is 10.8. The van der Waals surface area contributed by atoms with Crippen LogP contribution in [0.25, 0.3) is 0 Å². The monoisotopic (exact) mass is 283 g/mol. The Balaban J connectivity index is 1.91. The zero-order valence-electron chi connectivity index (χ0n) is 9.51. The number of halogens is 1. The fraction of sp³-hybridized carbons (Fsp3) is 0.750. The van der Waals surface area contributed by atoms with Crippen molar-refractivity contribution in [2.75, 3.05) is 6.54 Å². The summed E-state index contributed by atoms with van der Waals surface area (Å²) >= 11 is 3.73. The second-order valence-electron chi connectivity index (χ2n) is 4.88. The molecule has 0 bridgehead atoms. The first-order chi connectivity index (χ1) is 7.86. The van der Waals surface area contributed by atoms with Crippen molar-refractivity contribution in [3.63, 3.8) is 0 Å². The predicted molar refractivity (Wildman–Crippen MR) is 67.5 cm³/mol. The average Bonchev–Trinajstić information content (AvgIpc) is 2.69. The molecule has 1 aliphatic heterocycles.